The van der Waals surface area contributed by atoms with Crippen molar-refractivity contribution in [2.75, 3.05) is 20.6 Å². The van der Waals surface area contributed by atoms with Gasteiger partial charge in [0.1, 0.15) is 5.75 Å². The highest BCUT2D eigenvalue weighted by Gasteiger charge is 2.40. The third-order valence-electron chi connectivity index (χ3n) is 4.27. The minimum absolute atomic E-state index is 0.0438. The summed E-state index contributed by atoms with van der Waals surface area (Å²) in [5.74, 6) is 0.302. The topological polar surface area (TPSA) is 43.7 Å². The smallest absolute Gasteiger partial charge is 0.115 e. The first-order valence-corrected chi connectivity index (χ1v) is 7.64. The Morgan fingerprint density at radius 3 is 2.30 bits per heavy atom. The average molecular weight is 298 g/mol. The second-order valence-corrected chi connectivity index (χ2v) is 6.80. The van der Waals surface area contributed by atoms with E-state index >= 15 is 0 Å². The number of nitrogens with zero attached hydrogens (tertiary/aromatic N) is 1. The number of hydrogen-bond donors (Lipinski definition) is 2. The minimum atomic E-state index is -0.702. The zero-order valence-corrected chi connectivity index (χ0v) is 13.0. The Labute approximate surface area is 126 Å². The minimum Gasteiger partial charge on any atom is -0.508 e. The molecule has 0 saturated heterocycles. The van der Waals surface area contributed by atoms with Crippen molar-refractivity contribution < 1.29 is 10.2 Å². The van der Waals surface area contributed by atoms with Crippen LogP contribution >= 0.6 is 11.6 Å². The summed E-state index contributed by atoms with van der Waals surface area (Å²) in [6.07, 6.45) is 3.20. The SMILES string of the molecule is CN(C)CC(c1ccc(O)cc1)C1(O)CCC(Cl)CC1. The molecule has 1 saturated carbocycles. The largest absolute Gasteiger partial charge is 0.508 e. The Hall–Kier alpha value is -0.770. The predicted octanol–water partition coefficient (Wildman–Crippen LogP) is 2.95. The molecule has 20 heavy (non-hydrogen) atoms. The number of likely N-dealkylation sites (N-methyl/N-ethyl adjacent to an activating group) is 1. The summed E-state index contributed by atoms with van der Waals surface area (Å²) >= 11 is 6.17. The predicted molar refractivity (Wildman–Crippen MR) is 82.5 cm³/mol. The molecule has 112 valence electrons. The molecule has 2 rings (SSSR count). The van der Waals surface area contributed by atoms with Crippen LogP contribution in [0.2, 0.25) is 0 Å². The van der Waals surface area contributed by atoms with Gasteiger partial charge in [-0.1, -0.05) is 12.1 Å². The number of aliphatic hydroxyl groups is 1. The molecule has 1 aromatic carbocycles. The van der Waals surface area contributed by atoms with E-state index in [9.17, 15) is 10.2 Å². The molecular formula is C16H24ClNO2. The van der Waals surface area contributed by atoms with E-state index in [2.05, 4.69) is 4.90 Å². The van der Waals surface area contributed by atoms with Crippen molar-refractivity contribution in [3.05, 3.63) is 29.8 Å². The molecule has 1 fully saturated rings. The molecule has 1 atom stereocenters. The fraction of sp³-hybridized carbons (Fsp3) is 0.625. The van der Waals surface area contributed by atoms with Gasteiger partial charge in [0.2, 0.25) is 0 Å². The molecule has 0 aliphatic heterocycles. The third-order valence-corrected chi connectivity index (χ3v) is 4.71. The Kier molecular flexibility index (Phi) is 4.95. The van der Waals surface area contributed by atoms with Crippen LogP contribution in [0.3, 0.4) is 0 Å². The summed E-state index contributed by atoms with van der Waals surface area (Å²) in [4.78, 5) is 2.10. The van der Waals surface area contributed by atoms with Gasteiger partial charge >= 0.3 is 0 Å². The van der Waals surface area contributed by atoms with Crippen molar-refractivity contribution in [3.8, 4) is 5.75 Å². The zero-order chi connectivity index (χ0) is 14.8. The quantitative estimate of drug-likeness (QED) is 0.840. The second kappa shape index (κ2) is 6.33. The molecule has 0 amide bonds. The van der Waals surface area contributed by atoms with Crippen LogP contribution in [-0.4, -0.2) is 46.7 Å². The van der Waals surface area contributed by atoms with Crippen molar-refractivity contribution in [3.63, 3.8) is 0 Å². The lowest BCUT2D eigenvalue weighted by atomic mass is 9.72. The van der Waals surface area contributed by atoms with Crippen molar-refractivity contribution in [2.24, 2.45) is 0 Å². The van der Waals surface area contributed by atoms with Crippen LogP contribution in [0.25, 0.3) is 0 Å². The summed E-state index contributed by atoms with van der Waals surface area (Å²) in [6.45, 7) is 0.786. The molecule has 1 unspecified atom stereocenters. The van der Waals surface area contributed by atoms with E-state index in [-0.39, 0.29) is 17.0 Å². The van der Waals surface area contributed by atoms with Crippen LogP contribution in [0.15, 0.2) is 24.3 Å². The molecule has 2 N–H and O–H groups in total. The number of halogens is 1. The number of phenols is 1. The molecule has 0 aromatic heterocycles. The van der Waals surface area contributed by atoms with Crippen LogP contribution in [0.5, 0.6) is 5.75 Å². The standard InChI is InChI=1S/C16H24ClNO2/c1-18(2)11-15(12-3-5-14(19)6-4-12)16(20)9-7-13(17)8-10-16/h3-6,13,15,19-20H,7-11H2,1-2H3. The van der Waals surface area contributed by atoms with Crippen LogP contribution in [0.1, 0.15) is 37.2 Å². The van der Waals surface area contributed by atoms with E-state index in [1.165, 1.54) is 0 Å². The van der Waals surface area contributed by atoms with Gasteiger partial charge in [0.05, 0.1) is 5.60 Å². The summed E-state index contributed by atoms with van der Waals surface area (Å²) in [5, 5.41) is 20.7. The monoisotopic (exact) mass is 297 g/mol. The molecular weight excluding hydrogens is 274 g/mol. The van der Waals surface area contributed by atoms with E-state index in [0.29, 0.717) is 0 Å². The van der Waals surface area contributed by atoms with E-state index in [1.54, 1.807) is 12.1 Å². The normalized spacial score (nSPS) is 28.6. The maximum Gasteiger partial charge on any atom is 0.115 e. The maximum absolute atomic E-state index is 11.1. The van der Waals surface area contributed by atoms with Crippen LogP contribution in [0.4, 0.5) is 0 Å². The van der Waals surface area contributed by atoms with E-state index in [4.69, 9.17) is 11.6 Å². The number of aromatic hydroxyl groups is 1. The Morgan fingerprint density at radius 2 is 1.80 bits per heavy atom. The van der Waals surface area contributed by atoms with Gasteiger partial charge in [-0.25, -0.2) is 0 Å². The van der Waals surface area contributed by atoms with Crippen molar-refractivity contribution in [1.29, 1.82) is 0 Å². The second-order valence-electron chi connectivity index (χ2n) is 6.18. The molecule has 1 aliphatic carbocycles. The first-order valence-electron chi connectivity index (χ1n) is 7.21. The van der Waals surface area contributed by atoms with Gasteiger partial charge in [-0.05, 0) is 57.5 Å². The highest BCUT2D eigenvalue weighted by atomic mass is 35.5. The van der Waals surface area contributed by atoms with Gasteiger partial charge < -0.3 is 15.1 Å². The molecule has 0 radical (unpaired) electrons. The number of hydrogen-bond acceptors (Lipinski definition) is 3. The first-order chi connectivity index (χ1) is 9.40. The number of rotatable bonds is 4. The lowest BCUT2D eigenvalue weighted by molar-refractivity contribution is -0.0269. The van der Waals surface area contributed by atoms with E-state index in [1.807, 2.05) is 26.2 Å². The molecule has 0 heterocycles. The Bertz CT molecular complexity index is 425. The number of alkyl halides is 1. The van der Waals surface area contributed by atoms with Gasteiger partial charge in [-0.2, -0.15) is 0 Å². The maximum atomic E-state index is 11.1. The summed E-state index contributed by atoms with van der Waals surface area (Å²) in [7, 11) is 4.04. The van der Waals surface area contributed by atoms with Crippen LogP contribution < -0.4 is 0 Å². The fourth-order valence-corrected chi connectivity index (χ4v) is 3.31. The molecule has 0 spiro atoms. The van der Waals surface area contributed by atoms with E-state index < -0.39 is 5.60 Å². The Morgan fingerprint density at radius 1 is 1.25 bits per heavy atom. The average Bonchev–Trinajstić information content (AvgIpc) is 2.41. The lowest BCUT2D eigenvalue weighted by Crippen LogP contribution is -2.44. The first kappa shape index (κ1) is 15.6. The fourth-order valence-electron chi connectivity index (χ4n) is 3.09. The highest BCUT2D eigenvalue weighted by Crippen LogP contribution is 2.41. The van der Waals surface area contributed by atoms with Gasteiger partial charge in [0, 0.05) is 17.8 Å². The molecule has 1 aliphatic rings. The summed E-state index contributed by atoms with van der Waals surface area (Å²) < 4.78 is 0. The molecule has 3 nitrogen and oxygen atoms in total. The lowest BCUT2D eigenvalue weighted by Gasteiger charge is -2.42. The van der Waals surface area contributed by atoms with Gasteiger partial charge in [0.15, 0.2) is 0 Å². The molecule has 0 bridgehead atoms. The number of phenolic OH excluding ortho intramolecular Hbond substituents is 1. The van der Waals surface area contributed by atoms with Crippen LogP contribution in [0, 0.1) is 0 Å². The van der Waals surface area contributed by atoms with E-state index in [0.717, 1.165) is 37.8 Å². The summed E-state index contributed by atoms with van der Waals surface area (Å²) in [5.41, 5.74) is 0.374. The van der Waals surface area contributed by atoms with Crippen molar-refractivity contribution in [2.45, 2.75) is 42.6 Å². The highest BCUT2D eigenvalue weighted by molar-refractivity contribution is 6.20. The number of benzene rings is 1. The third kappa shape index (κ3) is 3.66. The molecule has 1 aromatic rings. The summed E-state index contributed by atoms with van der Waals surface area (Å²) in [6, 6.07) is 7.20. The van der Waals surface area contributed by atoms with Gasteiger partial charge in [-0.15, -0.1) is 11.6 Å². The van der Waals surface area contributed by atoms with Crippen molar-refractivity contribution in [1.82, 2.24) is 4.90 Å². The molecule has 4 heteroatoms. The van der Waals surface area contributed by atoms with Crippen LogP contribution in [-0.2, 0) is 0 Å². The van der Waals surface area contributed by atoms with Gasteiger partial charge in [-0.3, -0.25) is 0 Å². The Balaban J connectivity index is 2.25. The zero-order valence-electron chi connectivity index (χ0n) is 12.2. The van der Waals surface area contributed by atoms with Crippen molar-refractivity contribution >= 4 is 11.6 Å². The van der Waals surface area contributed by atoms with Gasteiger partial charge in [0.25, 0.3) is 0 Å².